The predicted octanol–water partition coefficient (Wildman–Crippen LogP) is 2.76. The van der Waals surface area contributed by atoms with E-state index in [2.05, 4.69) is 32.9 Å². The monoisotopic (exact) mass is 206 g/mol. The van der Waals surface area contributed by atoms with Crippen LogP contribution in [0, 0.1) is 0 Å². The van der Waals surface area contributed by atoms with Crippen molar-refractivity contribution in [2.45, 2.75) is 32.3 Å². The van der Waals surface area contributed by atoms with Crippen molar-refractivity contribution in [1.29, 1.82) is 0 Å². The molecule has 0 bridgehead atoms. The van der Waals surface area contributed by atoms with Gasteiger partial charge in [-0.1, -0.05) is 32.9 Å². The molecule has 0 radical (unpaired) electrons. The van der Waals surface area contributed by atoms with Gasteiger partial charge in [0.15, 0.2) is 0 Å². The van der Waals surface area contributed by atoms with Gasteiger partial charge in [-0.25, -0.2) is 0 Å². The molecule has 1 aromatic rings. The maximum Gasteiger partial charge on any atom is 0.119 e. The molecule has 1 aliphatic rings. The van der Waals surface area contributed by atoms with Crippen molar-refractivity contribution < 1.29 is 9.47 Å². The van der Waals surface area contributed by atoms with E-state index in [-0.39, 0.29) is 5.41 Å². The van der Waals surface area contributed by atoms with Gasteiger partial charge in [0.25, 0.3) is 0 Å². The van der Waals surface area contributed by atoms with Crippen molar-refractivity contribution in [2.75, 3.05) is 13.2 Å². The second kappa shape index (κ2) is 3.86. The molecule has 0 saturated carbocycles. The average molecular weight is 206 g/mol. The molecule has 1 aromatic carbocycles. The molecule has 0 N–H and O–H groups in total. The summed E-state index contributed by atoms with van der Waals surface area (Å²) in [6.45, 7) is 8.13. The molecule has 1 saturated heterocycles. The van der Waals surface area contributed by atoms with Gasteiger partial charge in [-0.05, 0) is 23.1 Å². The Bertz CT molecular complexity index is 335. The Morgan fingerprint density at radius 1 is 1.40 bits per heavy atom. The Hall–Kier alpha value is -1.02. The van der Waals surface area contributed by atoms with Crippen LogP contribution in [0.25, 0.3) is 0 Å². The van der Waals surface area contributed by atoms with Crippen LogP contribution in [0.2, 0.25) is 0 Å². The van der Waals surface area contributed by atoms with Crippen LogP contribution in [0.3, 0.4) is 0 Å². The molecule has 0 aromatic heterocycles. The topological polar surface area (TPSA) is 21.8 Å². The first-order valence-electron chi connectivity index (χ1n) is 5.41. The summed E-state index contributed by atoms with van der Waals surface area (Å²) in [7, 11) is 0. The van der Waals surface area contributed by atoms with Gasteiger partial charge >= 0.3 is 0 Å². The molecule has 2 heteroatoms. The minimum Gasteiger partial charge on any atom is -0.491 e. The van der Waals surface area contributed by atoms with E-state index < -0.39 is 0 Å². The van der Waals surface area contributed by atoms with Crippen LogP contribution in [-0.2, 0) is 10.2 Å². The summed E-state index contributed by atoms with van der Waals surface area (Å²) in [5, 5.41) is 0. The van der Waals surface area contributed by atoms with Crippen molar-refractivity contribution in [2.24, 2.45) is 0 Å². The number of rotatable bonds is 3. The van der Waals surface area contributed by atoms with Crippen molar-refractivity contribution in [1.82, 2.24) is 0 Å². The first-order valence-corrected chi connectivity index (χ1v) is 5.41. The standard InChI is InChI=1S/C13H18O2/c1-13(2,3)10-5-4-6-11(7-10)14-8-12-9-15-12/h4-7,12H,8-9H2,1-3H3/t12-/m1/s1. The number of ether oxygens (including phenoxy) is 2. The number of hydrogen-bond donors (Lipinski definition) is 0. The summed E-state index contributed by atoms with van der Waals surface area (Å²) in [5.74, 6) is 0.943. The zero-order valence-corrected chi connectivity index (χ0v) is 9.62. The summed E-state index contributed by atoms with van der Waals surface area (Å²) in [6.07, 6.45) is 0.322. The molecule has 1 atom stereocenters. The Balaban J connectivity index is 2.04. The fourth-order valence-electron chi connectivity index (χ4n) is 1.41. The zero-order valence-electron chi connectivity index (χ0n) is 9.62. The second-order valence-electron chi connectivity index (χ2n) is 5.04. The van der Waals surface area contributed by atoms with Crippen molar-refractivity contribution in [3.05, 3.63) is 29.8 Å². The molecule has 82 valence electrons. The molecular formula is C13H18O2. The Morgan fingerprint density at radius 2 is 2.13 bits per heavy atom. The van der Waals surface area contributed by atoms with E-state index in [4.69, 9.17) is 9.47 Å². The van der Waals surface area contributed by atoms with Crippen LogP contribution in [-0.4, -0.2) is 19.3 Å². The van der Waals surface area contributed by atoms with E-state index >= 15 is 0 Å². The largest absolute Gasteiger partial charge is 0.491 e. The van der Waals surface area contributed by atoms with Gasteiger partial charge in [-0.2, -0.15) is 0 Å². The van der Waals surface area contributed by atoms with Gasteiger partial charge in [0, 0.05) is 0 Å². The number of epoxide rings is 1. The van der Waals surface area contributed by atoms with Crippen LogP contribution < -0.4 is 4.74 Å². The molecule has 0 unspecified atom stereocenters. The summed E-state index contributed by atoms with van der Waals surface area (Å²) in [4.78, 5) is 0. The minimum absolute atomic E-state index is 0.176. The van der Waals surface area contributed by atoms with Crippen molar-refractivity contribution in [3.8, 4) is 5.75 Å². The van der Waals surface area contributed by atoms with Gasteiger partial charge in [0.1, 0.15) is 18.5 Å². The highest BCUT2D eigenvalue weighted by Gasteiger charge is 2.23. The third kappa shape index (κ3) is 2.96. The number of benzene rings is 1. The first-order chi connectivity index (χ1) is 7.05. The van der Waals surface area contributed by atoms with E-state index in [1.807, 2.05) is 12.1 Å². The molecule has 0 amide bonds. The molecule has 2 nitrogen and oxygen atoms in total. The third-order valence-corrected chi connectivity index (χ3v) is 2.54. The summed E-state index contributed by atoms with van der Waals surface area (Å²) in [5.41, 5.74) is 1.48. The lowest BCUT2D eigenvalue weighted by Crippen LogP contribution is -2.11. The highest BCUT2D eigenvalue weighted by Crippen LogP contribution is 2.26. The molecule has 0 spiro atoms. The lowest BCUT2D eigenvalue weighted by Gasteiger charge is -2.19. The Kier molecular flexibility index (Phi) is 2.70. The second-order valence-corrected chi connectivity index (χ2v) is 5.04. The quantitative estimate of drug-likeness (QED) is 0.709. The van der Waals surface area contributed by atoms with Crippen molar-refractivity contribution in [3.63, 3.8) is 0 Å². The summed E-state index contributed by atoms with van der Waals surface area (Å²) < 4.78 is 10.7. The van der Waals surface area contributed by atoms with Gasteiger partial charge in [0.05, 0.1) is 6.61 Å². The summed E-state index contributed by atoms with van der Waals surface area (Å²) in [6, 6.07) is 8.30. The van der Waals surface area contributed by atoms with Gasteiger partial charge in [-0.3, -0.25) is 0 Å². The van der Waals surface area contributed by atoms with Gasteiger partial charge < -0.3 is 9.47 Å². The van der Waals surface area contributed by atoms with Crippen LogP contribution in [0.1, 0.15) is 26.3 Å². The molecular weight excluding hydrogens is 188 g/mol. The Morgan fingerprint density at radius 3 is 2.73 bits per heavy atom. The predicted molar refractivity (Wildman–Crippen MR) is 60.4 cm³/mol. The van der Waals surface area contributed by atoms with E-state index in [1.54, 1.807) is 0 Å². The molecule has 15 heavy (non-hydrogen) atoms. The molecule has 1 heterocycles. The molecule has 2 rings (SSSR count). The van der Waals surface area contributed by atoms with Gasteiger partial charge in [0.2, 0.25) is 0 Å². The van der Waals surface area contributed by atoms with Crippen LogP contribution in [0.4, 0.5) is 0 Å². The fraction of sp³-hybridized carbons (Fsp3) is 0.538. The van der Waals surface area contributed by atoms with E-state index in [1.165, 1.54) is 5.56 Å². The molecule has 1 fully saturated rings. The zero-order chi connectivity index (χ0) is 10.9. The van der Waals surface area contributed by atoms with E-state index in [0.29, 0.717) is 12.7 Å². The van der Waals surface area contributed by atoms with Gasteiger partial charge in [-0.15, -0.1) is 0 Å². The maximum absolute atomic E-state index is 5.64. The van der Waals surface area contributed by atoms with Crippen LogP contribution in [0.15, 0.2) is 24.3 Å². The van der Waals surface area contributed by atoms with E-state index in [0.717, 1.165) is 12.4 Å². The molecule has 0 aliphatic carbocycles. The number of hydrogen-bond acceptors (Lipinski definition) is 2. The summed E-state index contributed by atoms with van der Waals surface area (Å²) >= 11 is 0. The van der Waals surface area contributed by atoms with Crippen molar-refractivity contribution >= 4 is 0 Å². The normalized spacial score (nSPS) is 20.1. The SMILES string of the molecule is CC(C)(C)c1cccc(OC[C@@H]2CO2)c1. The fourth-order valence-corrected chi connectivity index (χ4v) is 1.41. The Labute approximate surface area is 91.2 Å². The highest BCUT2D eigenvalue weighted by molar-refractivity contribution is 5.32. The maximum atomic E-state index is 5.64. The lowest BCUT2D eigenvalue weighted by atomic mass is 9.87. The van der Waals surface area contributed by atoms with Crippen LogP contribution >= 0.6 is 0 Å². The smallest absolute Gasteiger partial charge is 0.119 e. The highest BCUT2D eigenvalue weighted by atomic mass is 16.6. The molecule has 1 aliphatic heterocycles. The average Bonchev–Trinajstić information content (AvgIpc) is 2.97. The first kappa shape index (κ1) is 10.5. The third-order valence-electron chi connectivity index (χ3n) is 2.54. The minimum atomic E-state index is 0.176. The van der Waals surface area contributed by atoms with E-state index in [9.17, 15) is 0 Å². The lowest BCUT2D eigenvalue weighted by molar-refractivity contribution is 0.262. The van der Waals surface area contributed by atoms with Crippen LogP contribution in [0.5, 0.6) is 5.75 Å².